The molecule has 2 unspecified atom stereocenters. The Morgan fingerprint density at radius 2 is 1.50 bits per heavy atom. The van der Waals surface area contributed by atoms with E-state index in [9.17, 15) is 0 Å². The van der Waals surface area contributed by atoms with E-state index in [1.807, 2.05) is 0 Å². The van der Waals surface area contributed by atoms with Crippen molar-refractivity contribution in [1.29, 1.82) is 0 Å². The van der Waals surface area contributed by atoms with Gasteiger partial charge in [-0.1, -0.05) is 77.8 Å². The minimum atomic E-state index is 0.818. The first kappa shape index (κ1) is 15.4. The lowest BCUT2D eigenvalue weighted by Gasteiger charge is -2.16. The van der Waals surface area contributed by atoms with E-state index in [0.717, 1.165) is 14.4 Å². The van der Waals surface area contributed by atoms with Crippen LogP contribution in [0.15, 0.2) is 0 Å². The number of hydrogen-bond donors (Lipinski definition) is 1. The molecule has 0 fully saturated rings. The van der Waals surface area contributed by atoms with Crippen molar-refractivity contribution in [2.24, 2.45) is 5.73 Å². The zero-order valence-corrected chi connectivity index (χ0v) is 13.5. The molecular formula is C11H23I2N. The molecule has 86 valence electrons. The number of halogens is 2. The average molecular weight is 423 g/mol. The molecule has 0 aromatic carbocycles. The van der Waals surface area contributed by atoms with Gasteiger partial charge in [0.1, 0.15) is 0 Å². The Bertz CT molecular complexity index is 120. The summed E-state index contributed by atoms with van der Waals surface area (Å²) < 4.78 is 1.66. The molecule has 0 spiro atoms. The molecule has 2 atom stereocenters. The Balaban J connectivity index is 3.36. The van der Waals surface area contributed by atoms with Gasteiger partial charge in [-0.2, -0.15) is 0 Å². The second kappa shape index (κ2) is 10.9. The lowest BCUT2D eigenvalue weighted by molar-refractivity contribution is 0.603. The molecule has 0 saturated carbocycles. The highest BCUT2D eigenvalue weighted by atomic mass is 127. The van der Waals surface area contributed by atoms with Crippen LogP contribution in [0.2, 0.25) is 0 Å². The molecule has 0 aromatic rings. The highest BCUT2D eigenvalue weighted by Crippen LogP contribution is 2.24. The number of hydrogen-bond acceptors (Lipinski definition) is 1. The van der Waals surface area contributed by atoms with Crippen LogP contribution in [0.5, 0.6) is 0 Å². The summed E-state index contributed by atoms with van der Waals surface area (Å²) in [6.45, 7) is 3.11. The number of nitrogens with two attached hydrogens (primary N) is 1. The summed E-state index contributed by atoms with van der Waals surface area (Å²) in [5.74, 6) is 0. The summed E-state index contributed by atoms with van der Waals surface area (Å²) in [4.78, 5) is 0. The van der Waals surface area contributed by atoms with Gasteiger partial charge in [0.2, 0.25) is 0 Å². The Labute approximate surface area is 116 Å². The Morgan fingerprint density at radius 3 is 2.00 bits per heavy atom. The van der Waals surface area contributed by atoms with E-state index in [1.165, 1.54) is 44.9 Å². The molecule has 0 aliphatic rings. The van der Waals surface area contributed by atoms with Crippen molar-refractivity contribution in [3.63, 3.8) is 0 Å². The van der Waals surface area contributed by atoms with E-state index >= 15 is 0 Å². The Hall–Kier alpha value is 1.42. The summed E-state index contributed by atoms with van der Waals surface area (Å²) >= 11 is 5.20. The van der Waals surface area contributed by atoms with Crippen LogP contribution in [0.1, 0.15) is 51.9 Å². The highest BCUT2D eigenvalue weighted by molar-refractivity contribution is 14.1. The maximum atomic E-state index is 5.51. The topological polar surface area (TPSA) is 26.0 Å². The Morgan fingerprint density at radius 1 is 0.929 bits per heavy atom. The van der Waals surface area contributed by atoms with E-state index in [1.54, 1.807) is 0 Å². The number of alkyl halides is 2. The largest absolute Gasteiger partial charge is 0.330 e. The van der Waals surface area contributed by atoms with E-state index in [0.29, 0.717) is 0 Å². The van der Waals surface area contributed by atoms with Crippen LogP contribution in [0, 0.1) is 0 Å². The second-order valence-electron chi connectivity index (χ2n) is 3.81. The van der Waals surface area contributed by atoms with Crippen molar-refractivity contribution in [3.05, 3.63) is 0 Å². The lowest BCUT2D eigenvalue weighted by atomic mass is 10.1. The molecule has 0 amide bonds. The molecular weight excluding hydrogens is 400 g/mol. The fourth-order valence-electron chi connectivity index (χ4n) is 1.44. The summed E-state index contributed by atoms with van der Waals surface area (Å²) in [5.41, 5.74) is 5.51. The van der Waals surface area contributed by atoms with Crippen molar-refractivity contribution >= 4 is 45.2 Å². The molecule has 1 nitrogen and oxygen atoms in total. The first-order valence-electron chi connectivity index (χ1n) is 5.70. The van der Waals surface area contributed by atoms with Gasteiger partial charge in [0, 0.05) is 7.85 Å². The maximum Gasteiger partial charge on any atom is 0.0228 e. The number of rotatable bonds is 9. The molecule has 0 heterocycles. The first-order valence-corrected chi connectivity index (χ1v) is 8.19. The molecule has 0 aliphatic carbocycles. The van der Waals surface area contributed by atoms with Gasteiger partial charge >= 0.3 is 0 Å². The summed E-state index contributed by atoms with van der Waals surface area (Å²) in [6, 6.07) is 0. The predicted octanol–water partition coefficient (Wildman–Crippen LogP) is 4.30. The average Bonchev–Trinajstić information content (AvgIpc) is 2.20. The van der Waals surface area contributed by atoms with Crippen LogP contribution in [0.25, 0.3) is 0 Å². The third kappa shape index (κ3) is 8.71. The molecule has 0 radical (unpaired) electrons. The molecule has 0 bridgehead atoms. The zero-order valence-electron chi connectivity index (χ0n) is 9.14. The van der Waals surface area contributed by atoms with Crippen molar-refractivity contribution < 1.29 is 0 Å². The van der Waals surface area contributed by atoms with Gasteiger partial charge < -0.3 is 5.73 Å². The molecule has 14 heavy (non-hydrogen) atoms. The van der Waals surface area contributed by atoms with E-state index in [-0.39, 0.29) is 0 Å². The first-order chi connectivity index (χ1) is 6.72. The minimum Gasteiger partial charge on any atom is -0.330 e. The van der Waals surface area contributed by atoms with Crippen molar-refractivity contribution in [3.8, 4) is 0 Å². The van der Waals surface area contributed by atoms with Crippen molar-refractivity contribution in [2.75, 3.05) is 6.54 Å². The van der Waals surface area contributed by atoms with Crippen molar-refractivity contribution in [2.45, 2.75) is 59.7 Å². The second-order valence-corrected chi connectivity index (χ2v) is 7.01. The minimum absolute atomic E-state index is 0.818. The van der Waals surface area contributed by atoms with Crippen LogP contribution in [0.3, 0.4) is 0 Å². The fraction of sp³-hybridized carbons (Fsp3) is 1.00. The maximum absolute atomic E-state index is 5.51. The summed E-state index contributed by atoms with van der Waals surface area (Å²) in [5, 5.41) is 0. The Kier molecular flexibility index (Phi) is 12.0. The van der Waals surface area contributed by atoms with Gasteiger partial charge in [-0.05, 0) is 25.8 Å². The summed E-state index contributed by atoms with van der Waals surface area (Å²) in [6.07, 6.45) is 9.42. The van der Waals surface area contributed by atoms with Gasteiger partial charge in [0.05, 0.1) is 0 Å². The SMILES string of the molecule is CCCCCCC(I)C(I)CCCN. The third-order valence-electron chi connectivity index (χ3n) is 2.41. The van der Waals surface area contributed by atoms with Crippen LogP contribution < -0.4 is 5.73 Å². The van der Waals surface area contributed by atoms with Crippen LogP contribution >= 0.6 is 45.2 Å². The third-order valence-corrected chi connectivity index (χ3v) is 6.77. The van der Waals surface area contributed by atoms with Crippen LogP contribution in [-0.2, 0) is 0 Å². The molecule has 0 aliphatic heterocycles. The van der Waals surface area contributed by atoms with Gasteiger partial charge in [-0.15, -0.1) is 0 Å². The highest BCUT2D eigenvalue weighted by Gasteiger charge is 2.14. The predicted molar refractivity (Wildman–Crippen MR) is 82.7 cm³/mol. The molecule has 0 rings (SSSR count). The normalized spacial score (nSPS) is 15.4. The zero-order chi connectivity index (χ0) is 10.8. The van der Waals surface area contributed by atoms with Crippen LogP contribution in [-0.4, -0.2) is 14.4 Å². The molecule has 3 heteroatoms. The van der Waals surface area contributed by atoms with E-state index in [4.69, 9.17) is 5.73 Å². The van der Waals surface area contributed by atoms with Gasteiger partial charge in [-0.3, -0.25) is 0 Å². The summed E-state index contributed by atoms with van der Waals surface area (Å²) in [7, 11) is 0. The van der Waals surface area contributed by atoms with Crippen molar-refractivity contribution in [1.82, 2.24) is 0 Å². The molecule has 2 N–H and O–H groups in total. The van der Waals surface area contributed by atoms with Crippen LogP contribution in [0.4, 0.5) is 0 Å². The van der Waals surface area contributed by atoms with Gasteiger partial charge in [0.15, 0.2) is 0 Å². The van der Waals surface area contributed by atoms with Gasteiger partial charge in [-0.25, -0.2) is 0 Å². The standard InChI is InChI=1S/C11H23I2N/c1-2-3-4-5-7-10(12)11(13)8-6-9-14/h10-11H,2-9,14H2,1H3. The quantitative estimate of drug-likeness (QED) is 0.334. The smallest absolute Gasteiger partial charge is 0.0228 e. The van der Waals surface area contributed by atoms with Gasteiger partial charge in [0.25, 0.3) is 0 Å². The molecule has 0 saturated heterocycles. The molecule has 0 aromatic heterocycles. The monoisotopic (exact) mass is 423 g/mol. The van der Waals surface area contributed by atoms with E-state index in [2.05, 4.69) is 52.1 Å². The fourth-order valence-corrected chi connectivity index (χ4v) is 3.04. The lowest BCUT2D eigenvalue weighted by Crippen LogP contribution is -2.15. The van der Waals surface area contributed by atoms with E-state index < -0.39 is 0 Å². The number of unbranched alkanes of at least 4 members (excludes halogenated alkanes) is 3.